The van der Waals surface area contributed by atoms with Crippen molar-refractivity contribution in [3.63, 3.8) is 0 Å². The van der Waals surface area contributed by atoms with E-state index in [2.05, 4.69) is 0 Å². The largest absolute Gasteiger partial charge is 0.345 e. The Morgan fingerprint density at radius 2 is 1.69 bits per heavy atom. The molecule has 0 heterocycles. The van der Waals surface area contributed by atoms with Crippen LogP contribution in [0.25, 0.3) is 0 Å². The molecule has 80 valence electrons. The minimum Gasteiger partial charge on any atom is -0.345 e. The number of hydrogen-bond donors (Lipinski definition) is 1. The molecule has 0 aromatic carbocycles. The lowest BCUT2D eigenvalue weighted by Gasteiger charge is -2.21. The molecule has 0 bridgehead atoms. The molecule has 0 aliphatic rings. The summed E-state index contributed by atoms with van der Waals surface area (Å²) in [6.07, 6.45) is 0.905. The summed E-state index contributed by atoms with van der Waals surface area (Å²) in [5, 5.41) is 0. The maximum Gasteiger partial charge on any atom is 0.255 e. The maximum absolute atomic E-state index is 11.6. The van der Waals surface area contributed by atoms with Gasteiger partial charge < -0.3 is 14.4 Å². The highest BCUT2D eigenvalue weighted by atomic mass is 31.2. The monoisotopic (exact) mass is 210 g/mol. The van der Waals surface area contributed by atoms with E-state index in [1.54, 1.807) is 13.8 Å². The summed E-state index contributed by atoms with van der Waals surface area (Å²) in [6, 6.07) is -0.942. The van der Waals surface area contributed by atoms with Crippen LogP contribution in [0.4, 0.5) is 0 Å². The highest BCUT2D eigenvalue weighted by molar-refractivity contribution is 7.58. The summed E-state index contributed by atoms with van der Waals surface area (Å²) in [4.78, 5) is 9.54. The predicted molar refractivity (Wildman–Crippen MR) is 52.0 cm³/mol. The molecule has 0 amide bonds. The van der Waals surface area contributed by atoms with E-state index in [0.717, 1.165) is 0 Å². The first-order valence-electron chi connectivity index (χ1n) is 4.63. The Morgan fingerprint density at radius 1 is 1.23 bits per heavy atom. The Kier molecular flexibility index (Phi) is 6.60. The van der Waals surface area contributed by atoms with Gasteiger partial charge in [0.15, 0.2) is 0 Å². The quantitative estimate of drug-likeness (QED) is 0.516. The van der Waals surface area contributed by atoms with E-state index < -0.39 is 13.4 Å². The first-order chi connectivity index (χ1) is 6.08. The third-order valence-electron chi connectivity index (χ3n) is 1.49. The van der Waals surface area contributed by atoms with Gasteiger partial charge in [-0.1, -0.05) is 6.92 Å². The van der Waals surface area contributed by atoms with Gasteiger partial charge in [-0.25, -0.2) is 0 Å². The molecule has 0 aliphatic heterocycles. The molecule has 0 saturated carbocycles. The van der Waals surface area contributed by atoms with Crippen LogP contribution >= 0.6 is 7.37 Å². The number of ether oxygens (including phenoxy) is 2. The molecule has 0 radical (unpaired) electrons. The lowest BCUT2D eigenvalue weighted by Crippen LogP contribution is -2.19. The van der Waals surface area contributed by atoms with E-state index in [0.29, 0.717) is 19.6 Å². The molecule has 1 N–H and O–H groups in total. The second-order valence-electron chi connectivity index (χ2n) is 2.70. The van der Waals surface area contributed by atoms with E-state index in [-0.39, 0.29) is 6.16 Å². The molecule has 0 aromatic heterocycles. The Morgan fingerprint density at radius 3 is 2.00 bits per heavy atom. The molecule has 0 saturated heterocycles. The highest BCUT2D eigenvalue weighted by Gasteiger charge is 2.30. The summed E-state index contributed by atoms with van der Waals surface area (Å²) in [5.74, 6) is 0. The van der Waals surface area contributed by atoms with E-state index in [1.807, 2.05) is 6.92 Å². The van der Waals surface area contributed by atoms with Gasteiger partial charge in [0.2, 0.25) is 6.03 Å². The van der Waals surface area contributed by atoms with Crippen molar-refractivity contribution in [3.05, 3.63) is 0 Å². The fourth-order valence-corrected chi connectivity index (χ4v) is 2.61. The van der Waals surface area contributed by atoms with Crippen molar-refractivity contribution < 1.29 is 18.9 Å². The fourth-order valence-electron chi connectivity index (χ4n) is 0.992. The molecule has 1 unspecified atom stereocenters. The molecule has 5 heteroatoms. The molecule has 1 atom stereocenters. The van der Waals surface area contributed by atoms with Crippen molar-refractivity contribution in [2.45, 2.75) is 33.2 Å². The summed E-state index contributed by atoms with van der Waals surface area (Å²) < 4.78 is 21.7. The average molecular weight is 210 g/mol. The first kappa shape index (κ1) is 13.1. The molecule has 13 heavy (non-hydrogen) atoms. The molecule has 0 fully saturated rings. The van der Waals surface area contributed by atoms with Gasteiger partial charge in [0.05, 0.1) is 0 Å². The van der Waals surface area contributed by atoms with Crippen LogP contribution in [0.5, 0.6) is 0 Å². The van der Waals surface area contributed by atoms with E-state index in [4.69, 9.17) is 9.47 Å². The van der Waals surface area contributed by atoms with Gasteiger partial charge in [0, 0.05) is 19.4 Å². The third kappa shape index (κ3) is 4.77. The second kappa shape index (κ2) is 6.55. The number of rotatable bonds is 7. The smallest absolute Gasteiger partial charge is 0.255 e. The van der Waals surface area contributed by atoms with Gasteiger partial charge in [-0.3, -0.25) is 4.57 Å². The highest BCUT2D eigenvalue weighted by Crippen LogP contribution is 2.47. The van der Waals surface area contributed by atoms with Crippen molar-refractivity contribution >= 4 is 7.37 Å². The van der Waals surface area contributed by atoms with Crippen LogP contribution in [0.2, 0.25) is 0 Å². The van der Waals surface area contributed by atoms with Crippen LogP contribution in [0.15, 0.2) is 0 Å². The van der Waals surface area contributed by atoms with Crippen LogP contribution in [0.3, 0.4) is 0 Å². The minimum atomic E-state index is -3.28. The maximum atomic E-state index is 11.6. The molecular formula is C8H19O4P. The van der Waals surface area contributed by atoms with Gasteiger partial charge in [0.25, 0.3) is 7.37 Å². The zero-order valence-electron chi connectivity index (χ0n) is 8.52. The van der Waals surface area contributed by atoms with Gasteiger partial charge >= 0.3 is 0 Å². The minimum absolute atomic E-state index is 0.248. The van der Waals surface area contributed by atoms with Crippen molar-refractivity contribution in [2.75, 3.05) is 19.4 Å². The molecule has 0 spiro atoms. The second-order valence-corrected chi connectivity index (χ2v) is 5.08. The van der Waals surface area contributed by atoms with E-state index >= 15 is 0 Å². The normalized spacial score (nSPS) is 16.1. The zero-order chi connectivity index (χ0) is 10.3. The van der Waals surface area contributed by atoms with Crippen molar-refractivity contribution in [1.29, 1.82) is 0 Å². The molecule has 0 aliphatic carbocycles. The van der Waals surface area contributed by atoms with Crippen molar-refractivity contribution in [3.8, 4) is 0 Å². The molecule has 0 rings (SSSR count). The SMILES string of the molecule is CCCP(=O)(O)C(OCC)OCC. The van der Waals surface area contributed by atoms with Crippen LogP contribution in [-0.2, 0) is 14.0 Å². The average Bonchev–Trinajstić information content (AvgIpc) is 2.04. The lowest BCUT2D eigenvalue weighted by molar-refractivity contribution is -0.0870. The Labute approximate surface area is 79.7 Å². The standard InChI is InChI=1S/C8H19O4P/c1-4-7-13(9,10)8(11-5-2)12-6-3/h8H,4-7H2,1-3H3,(H,9,10). The van der Waals surface area contributed by atoms with E-state index in [9.17, 15) is 9.46 Å². The third-order valence-corrected chi connectivity index (χ3v) is 3.54. The predicted octanol–water partition coefficient (Wildman–Crippen LogP) is 2.02. The van der Waals surface area contributed by atoms with Crippen LogP contribution in [0.1, 0.15) is 27.2 Å². The Bertz CT molecular complexity index is 166. The van der Waals surface area contributed by atoms with Gasteiger partial charge in [0.1, 0.15) is 0 Å². The first-order valence-corrected chi connectivity index (χ1v) is 6.54. The summed E-state index contributed by atoms with van der Waals surface area (Å²) >= 11 is 0. The van der Waals surface area contributed by atoms with Crippen molar-refractivity contribution in [2.24, 2.45) is 0 Å². The summed E-state index contributed by atoms with van der Waals surface area (Å²) in [7, 11) is -3.28. The zero-order valence-corrected chi connectivity index (χ0v) is 9.42. The van der Waals surface area contributed by atoms with Crippen molar-refractivity contribution in [1.82, 2.24) is 0 Å². The summed E-state index contributed by atoms with van der Waals surface area (Å²) in [6.45, 7) is 6.19. The number of hydrogen-bond acceptors (Lipinski definition) is 3. The Hall–Kier alpha value is 0.110. The fraction of sp³-hybridized carbons (Fsp3) is 1.00. The van der Waals surface area contributed by atoms with Crippen LogP contribution in [0, 0.1) is 0 Å². The molecule has 0 aromatic rings. The van der Waals surface area contributed by atoms with Crippen LogP contribution < -0.4 is 0 Å². The topological polar surface area (TPSA) is 55.8 Å². The lowest BCUT2D eigenvalue weighted by atomic mass is 10.6. The Balaban J connectivity index is 4.23. The van der Waals surface area contributed by atoms with Gasteiger partial charge in [-0.05, 0) is 20.3 Å². The van der Waals surface area contributed by atoms with Crippen LogP contribution in [-0.4, -0.2) is 30.3 Å². The molecular weight excluding hydrogens is 191 g/mol. The molecule has 4 nitrogen and oxygen atoms in total. The van der Waals surface area contributed by atoms with Gasteiger partial charge in [-0.15, -0.1) is 0 Å². The van der Waals surface area contributed by atoms with E-state index in [1.165, 1.54) is 0 Å². The van der Waals surface area contributed by atoms with Gasteiger partial charge in [-0.2, -0.15) is 0 Å². The summed E-state index contributed by atoms with van der Waals surface area (Å²) in [5.41, 5.74) is 0.